The van der Waals surface area contributed by atoms with Crippen LogP contribution in [0, 0.1) is 29.1 Å². The van der Waals surface area contributed by atoms with Crippen LogP contribution < -0.4 is 10.2 Å². The van der Waals surface area contributed by atoms with E-state index in [9.17, 15) is 31.5 Å². The molecule has 0 bridgehead atoms. The fourth-order valence-electron chi connectivity index (χ4n) is 3.48. The number of hydrogen-bond acceptors (Lipinski definition) is 4. The maximum Gasteiger partial charge on any atom is 0.289 e. The van der Waals surface area contributed by atoms with Crippen molar-refractivity contribution in [1.82, 2.24) is 4.90 Å². The molecule has 1 aromatic heterocycles. The minimum Gasteiger partial charge on any atom is -0.459 e. The summed E-state index contributed by atoms with van der Waals surface area (Å²) in [5, 5.41) is 2.12. The number of carbonyl (C=O) groups excluding carboxylic acids is 2. The Bertz CT molecular complexity index is 1160. The predicted octanol–water partition coefficient (Wildman–Crippen LogP) is 4.19. The molecule has 33 heavy (non-hydrogen) atoms. The molecule has 1 fully saturated rings. The fourth-order valence-corrected chi connectivity index (χ4v) is 3.48. The first-order valence-corrected chi connectivity index (χ1v) is 9.78. The average molecular weight is 465 g/mol. The highest BCUT2D eigenvalue weighted by atomic mass is 19.2. The number of nitrogens with zero attached hydrogens (tertiary/aromatic N) is 2. The van der Waals surface area contributed by atoms with Crippen LogP contribution in [0.4, 0.5) is 33.3 Å². The number of rotatable bonds is 4. The molecule has 4 rings (SSSR count). The van der Waals surface area contributed by atoms with E-state index in [1.165, 1.54) is 18.4 Å². The summed E-state index contributed by atoms with van der Waals surface area (Å²) in [7, 11) is 0. The monoisotopic (exact) mass is 465 g/mol. The van der Waals surface area contributed by atoms with Crippen LogP contribution in [0.5, 0.6) is 0 Å². The third-order valence-corrected chi connectivity index (χ3v) is 5.23. The van der Waals surface area contributed by atoms with Crippen molar-refractivity contribution in [2.75, 3.05) is 36.4 Å². The van der Waals surface area contributed by atoms with Crippen molar-refractivity contribution < 1.29 is 36.0 Å². The van der Waals surface area contributed by atoms with Crippen LogP contribution >= 0.6 is 0 Å². The lowest BCUT2D eigenvalue weighted by Crippen LogP contribution is -2.48. The molecule has 3 aromatic rings. The molecule has 1 aliphatic rings. The molecular weight excluding hydrogens is 449 g/mol. The molecule has 2 heterocycles. The molecule has 2 aromatic carbocycles. The Labute approximate surface area is 184 Å². The number of furan rings is 1. The zero-order valence-electron chi connectivity index (χ0n) is 16.9. The predicted molar refractivity (Wildman–Crippen MR) is 107 cm³/mol. The number of amides is 2. The Morgan fingerprint density at radius 2 is 1.36 bits per heavy atom. The summed E-state index contributed by atoms with van der Waals surface area (Å²) in [5.74, 6) is -12.6. The smallest absolute Gasteiger partial charge is 0.289 e. The fraction of sp³-hybridized carbons (Fsp3) is 0.182. The van der Waals surface area contributed by atoms with Gasteiger partial charge in [-0.2, -0.15) is 0 Å². The summed E-state index contributed by atoms with van der Waals surface area (Å²) >= 11 is 0. The van der Waals surface area contributed by atoms with Gasteiger partial charge in [-0.25, -0.2) is 22.0 Å². The second-order valence-corrected chi connectivity index (χ2v) is 7.20. The quantitative estimate of drug-likeness (QED) is 0.357. The summed E-state index contributed by atoms with van der Waals surface area (Å²) in [6.07, 6.45) is 1.43. The number of halogens is 5. The molecule has 172 valence electrons. The van der Waals surface area contributed by atoms with Crippen LogP contribution in [0.1, 0.15) is 20.9 Å². The lowest BCUT2D eigenvalue weighted by atomic mass is 10.1. The van der Waals surface area contributed by atoms with E-state index < -0.39 is 40.6 Å². The Hall–Kier alpha value is -3.89. The van der Waals surface area contributed by atoms with Gasteiger partial charge in [0.2, 0.25) is 5.82 Å². The van der Waals surface area contributed by atoms with Crippen LogP contribution in [0.25, 0.3) is 0 Å². The molecular formula is C22H16F5N3O3. The van der Waals surface area contributed by atoms with Gasteiger partial charge in [0.05, 0.1) is 6.26 Å². The molecule has 0 radical (unpaired) electrons. The number of nitrogens with one attached hydrogen (secondary N) is 1. The second-order valence-electron chi connectivity index (χ2n) is 7.20. The molecule has 2 amide bonds. The van der Waals surface area contributed by atoms with Gasteiger partial charge in [0, 0.05) is 37.6 Å². The van der Waals surface area contributed by atoms with Crippen LogP contribution in [0.3, 0.4) is 0 Å². The van der Waals surface area contributed by atoms with Gasteiger partial charge in [-0.15, -0.1) is 0 Å². The normalized spacial score (nSPS) is 13.8. The molecule has 0 atom stereocenters. The van der Waals surface area contributed by atoms with Crippen LogP contribution in [0.2, 0.25) is 0 Å². The third-order valence-electron chi connectivity index (χ3n) is 5.23. The number of anilines is 2. The van der Waals surface area contributed by atoms with E-state index in [2.05, 4.69) is 5.32 Å². The van der Waals surface area contributed by atoms with Gasteiger partial charge in [0.25, 0.3) is 11.8 Å². The van der Waals surface area contributed by atoms with Gasteiger partial charge in [-0.05, 0) is 36.4 Å². The van der Waals surface area contributed by atoms with Crippen molar-refractivity contribution in [3.63, 3.8) is 0 Å². The van der Waals surface area contributed by atoms with Crippen LogP contribution in [-0.4, -0.2) is 42.9 Å². The third kappa shape index (κ3) is 4.26. The van der Waals surface area contributed by atoms with Crippen molar-refractivity contribution in [3.8, 4) is 0 Å². The summed E-state index contributed by atoms with van der Waals surface area (Å²) in [6.45, 7) is 1.97. The minimum absolute atomic E-state index is 0.0966. The highest BCUT2D eigenvalue weighted by Crippen LogP contribution is 2.25. The van der Waals surface area contributed by atoms with Gasteiger partial charge < -0.3 is 19.5 Å². The van der Waals surface area contributed by atoms with Crippen LogP contribution in [0.15, 0.2) is 47.1 Å². The summed E-state index contributed by atoms with van der Waals surface area (Å²) < 4.78 is 72.6. The zero-order chi connectivity index (χ0) is 23.7. The van der Waals surface area contributed by atoms with Gasteiger partial charge in [0.15, 0.2) is 29.0 Å². The Balaban J connectivity index is 1.41. The number of benzene rings is 2. The molecule has 0 aliphatic carbocycles. The lowest BCUT2D eigenvalue weighted by Gasteiger charge is -2.35. The molecule has 11 heteroatoms. The SMILES string of the molecule is O=C(Nc1ccc(N2CCN(C(=O)c3ccco3)CC2)cc1)c1c(F)c(F)c(F)c(F)c1F. The maximum absolute atomic E-state index is 13.8. The molecule has 1 N–H and O–H groups in total. The van der Waals surface area contributed by atoms with Gasteiger partial charge in [-0.3, -0.25) is 9.59 Å². The Kier molecular flexibility index (Phi) is 6.03. The van der Waals surface area contributed by atoms with E-state index in [-0.39, 0.29) is 17.4 Å². The second kappa shape index (κ2) is 8.93. The first-order chi connectivity index (χ1) is 15.8. The lowest BCUT2D eigenvalue weighted by molar-refractivity contribution is 0.0714. The number of hydrogen-bond donors (Lipinski definition) is 1. The minimum atomic E-state index is -2.34. The highest BCUT2D eigenvalue weighted by molar-refractivity contribution is 6.04. The van der Waals surface area contributed by atoms with Gasteiger partial charge in [-0.1, -0.05) is 0 Å². The maximum atomic E-state index is 13.8. The van der Waals surface area contributed by atoms with E-state index in [0.29, 0.717) is 26.2 Å². The largest absolute Gasteiger partial charge is 0.459 e. The molecule has 1 saturated heterocycles. The first kappa shape index (κ1) is 22.3. The average Bonchev–Trinajstić information content (AvgIpc) is 3.37. The molecule has 0 unspecified atom stereocenters. The first-order valence-electron chi connectivity index (χ1n) is 9.78. The van der Waals surface area contributed by atoms with Crippen molar-refractivity contribution in [1.29, 1.82) is 0 Å². The topological polar surface area (TPSA) is 65.8 Å². The van der Waals surface area contributed by atoms with Gasteiger partial charge >= 0.3 is 0 Å². The summed E-state index contributed by atoms with van der Waals surface area (Å²) in [5.41, 5.74) is -0.707. The number of piperazine rings is 1. The molecule has 1 aliphatic heterocycles. The molecule has 0 saturated carbocycles. The number of carbonyl (C=O) groups is 2. The van der Waals surface area contributed by atoms with Gasteiger partial charge in [0.1, 0.15) is 5.56 Å². The summed E-state index contributed by atoms with van der Waals surface area (Å²) in [6, 6.07) is 9.33. The Morgan fingerprint density at radius 1 is 0.788 bits per heavy atom. The van der Waals surface area contributed by atoms with Crippen molar-refractivity contribution in [2.24, 2.45) is 0 Å². The van der Waals surface area contributed by atoms with Crippen LogP contribution in [-0.2, 0) is 0 Å². The van der Waals surface area contributed by atoms with E-state index in [4.69, 9.17) is 4.42 Å². The zero-order valence-corrected chi connectivity index (χ0v) is 16.9. The van der Waals surface area contributed by atoms with E-state index in [1.807, 2.05) is 4.90 Å². The standard InChI is InChI=1S/C22H16F5N3O3/c23-16-15(17(24)19(26)20(27)18(16)25)21(31)28-12-3-5-13(6-4-12)29-7-9-30(10-8-29)22(32)14-2-1-11-33-14/h1-6,11H,7-10H2,(H,28,31). The highest BCUT2D eigenvalue weighted by Gasteiger charge is 2.30. The molecule has 0 spiro atoms. The van der Waals surface area contributed by atoms with E-state index in [1.54, 1.807) is 29.2 Å². The molecule has 6 nitrogen and oxygen atoms in total. The summed E-state index contributed by atoms with van der Waals surface area (Å²) in [4.78, 5) is 28.1. The Morgan fingerprint density at radius 3 is 1.91 bits per heavy atom. The van der Waals surface area contributed by atoms with Crippen molar-refractivity contribution in [2.45, 2.75) is 0 Å². The van der Waals surface area contributed by atoms with E-state index >= 15 is 0 Å². The van der Waals surface area contributed by atoms with E-state index in [0.717, 1.165) is 5.69 Å². The van der Waals surface area contributed by atoms with Crippen molar-refractivity contribution >= 4 is 23.2 Å². The van der Waals surface area contributed by atoms with Crippen molar-refractivity contribution in [3.05, 3.63) is 83.1 Å².